The van der Waals surface area contributed by atoms with Crippen LogP contribution >= 0.6 is 22.9 Å². The number of amides is 1. The van der Waals surface area contributed by atoms with E-state index in [-0.39, 0.29) is 66.3 Å². The van der Waals surface area contributed by atoms with Crippen molar-refractivity contribution < 1.29 is 18.3 Å². The summed E-state index contributed by atoms with van der Waals surface area (Å²) in [6.45, 7) is 3.25. The molecule has 1 aliphatic heterocycles. The average molecular weight is 652 g/mol. The number of methoxy groups -OCH3 is 1. The number of carbonyl (C=O) groups excluding carboxylic acids is 1. The minimum absolute atomic E-state index is 0.0240. The van der Waals surface area contributed by atoms with Crippen LogP contribution in [-0.4, -0.2) is 69.0 Å². The normalized spacial score (nSPS) is 15.8. The molecule has 0 bridgehead atoms. The van der Waals surface area contributed by atoms with Gasteiger partial charge in [-0.3, -0.25) is 0 Å². The molecule has 3 aromatic heterocycles. The van der Waals surface area contributed by atoms with E-state index < -0.39 is 11.6 Å². The highest BCUT2D eigenvalue weighted by Gasteiger charge is 2.30. The molecule has 2 N–H and O–H groups in total. The number of nitrogens with two attached hydrogens (primary N) is 1. The predicted octanol–water partition coefficient (Wildman–Crippen LogP) is 6.09. The molecule has 15 heteroatoms. The zero-order chi connectivity index (χ0) is 32.0. The number of nitriles is 1. The standard InChI is InChI=1S/C30H28ClF2N9O2S/c1-15(40(2)30(43)42-14-36-13-37-42)9-16-5-4-8-41(12-16)28-18-10-20(31)23(24(33)25(18)38-29(39-28)44-3)17-6-7-21(32)26-22(17)19(11-34)27(35)45-26/h6-7,10,13-16H,4-5,8-9,12,35H2,1-3H3. The van der Waals surface area contributed by atoms with Crippen molar-refractivity contribution >= 4 is 60.8 Å². The van der Waals surface area contributed by atoms with Gasteiger partial charge in [-0.1, -0.05) is 17.7 Å². The van der Waals surface area contributed by atoms with Gasteiger partial charge in [-0.25, -0.2) is 18.6 Å². The largest absolute Gasteiger partial charge is 0.467 e. The third-order valence-electron chi connectivity index (χ3n) is 8.29. The van der Waals surface area contributed by atoms with Gasteiger partial charge >= 0.3 is 12.0 Å². The molecule has 1 fully saturated rings. The Labute approximate surface area is 265 Å². The maximum Gasteiger partial charge on any atom is 0.346 e. The van der Waals surface area contributed by atoms with Crippen molar-refractivity contribution in [2.45, 2.75) is 32.2 Å². The molecule has 0 radical (unpaired) electrons. The lowest BCUT2D eigenvalue weighted by Gasteiger charge is -2.36. The van der Waals surface area contributed by atoms with Crippen LogP contribution in [0.2, 0.25) is 5.02 Å². The van der Waals surface area contributed by atoms with Crippen molar-refractivity contribution in [2.75, 3.05) is 37.9 Å². The number of ether oxygens (including phenoxy) is 1. The SMILES string of the molecule is COc1nc(N2CCCC(CC(C)N(C)C(=O)n3cncn3)C2)c2cc(Cl)c(-c3ccc(F)c4sc(N)c(C#N)c34)c(F)c2n1. The third kappa shape index (κ3) is 5.36. The fraction of sp³-hybridized carbons (Fsp3) is 0.333. The number of fused-ring (bicyclic) bond motifs is 2. The van der Waals surface area contributed by atoms with E-state index in [0.29, 0.717) is 24.3 Å². The van der Waals surface area contributed by atoms with Crippen molar-refractivity contribution in [3.8, 4) is 23.2 Å². The molecule has 2 aromatic carbocycles. The molecule has 4 heterocycles. The molecule has 45 heavy (non-hydrogen) atoms. The van der Waals surface area contributed by atoms with Gasteiger partial charge in [0.05, 0.1) is 22.4 Å². The number of carbonyl (C=O) groups is 1. The monoisotopic (exact) mass is 651 g/mol. The van der Waals surface area contributed by atoms with Gasteiger partial charge < -0.3 is 20.3 Å². The number of nitrogen functional groups attached to an aromatic ring is 1. The average Bonchev–Trinajstić information content (AvgIpc) is 3.69. The Bertz CT molecular complexity index is 1980. The second kappa shape index (κ2) is 12.1. The van der Waals surface area contributed by atoms with Gasteiger partial charge in [0.2, 0.25) is 0 Å². The summed E-state index contributed by atoms with van der Waals surface area (Å²) in [5, 5.41) is 14.5. The number of hydrogen-bond donors (Lipinski definition) is 1. The Balaban J connectivity index is 1.38. The molecule has 11 nitrogen and oxygen atoms in total. The van der Waals surface area contributed by atoms with Crippen LogP contribution in [0.25, 0.3) is 32.1 Å². The van der Waals surface area contributed by atoms with Crippen LogP contribution in [0.4, 0.5) is 24.4 Å². The lowest BCUT2D eigenvalue weighted by Crippen LogP contribution is -2.42. The number of anilines is 2. The number of thiophene rings is 1. The van der Waals surface area contributed by atoms with Crippen LogP contribution in [0.1, 0.15) is 31.7 Å². The Morgan fingerprint density at radius 3 is 2.87 bits per heavy atom. The summed E-state index contributed by atoms with van der Waals surface area (Å²) in [6, 6.07) is 5.81. The number of rotatable bonds is 6. The van der Waals surface area contributed by atoms with Crippen molar-refractivity contribution in [2.24, 2.45) is 5.92 Å². The van der Waals surface area contributed by atoms with Gasteiger partial charge in [-0.2, -0.15) is 25.0 Å². The Morgan fingerprint density at radius 1 is 1.36 bits per heavy atom. The summed E-state index contributed by atoms with van der Waals surface area (Å²) in [7, 11) is 3.14. The van der Waals surface area contributed by atoms with Crippen LogP contribution < -0.4 is 15.4 Å². The molecule has 0 saturated carbocycles. The number of benzene rings is 2. The maximum absolute atomic E-state index is 16.6. The smallest absolute Gasteiger partial charge is 0.346 e. The highest BCUT2D eigenvalue weighted by molar-refractivity contribution is 7.23. The molecule has 1 amide bonds. The molecule has 232 valence electrons. The highest BCUT2D eigenvalue weighted by atomic mass is 35.5. The molecule has 1 saturated heterocycles. The second-order valence-corrected chi connectivity index (χ2v) is 12.5. The fourth-order valence-electron chi connectivity index (χ4n) is 6.00. The first-order valence-electron chi connectivity index (χ1n) is 14.1. The lowest BCUT2D eigenvalue weighted by molar-refractivity contribution is 0.180. The lowest BCUT2D eigenvalue weighted by atomic mass is 9.91. The zero-order valence-corrected chi connectivity index (χ0v) is 26.2. The van der Waals surface area contributed by atoms with Crippen LogP contribution in [0.3, 0.4) is 0 Å². The fourth-order valence-corrected chi connectivity index (χ4v) is 7.24. The minimum Gasteiger partial charge on any atom is -0.467 e. The highest BCUT2D eigenvalue weighted by Crippen LogP contribution is 2.46. The van der Waals surface area contributed by atoms with Gasteiger partial charge in [0.25, 0.3) is 0 Å². The van der Waals surface area contributed by atoms with E-state index >= 15 is 4.39 Å². The Kier molecular flexibility index (Phi) is 8.15. The number of halogens is 3. The predicted molar refractivity (Wildman–Crippen MR) is 169 cm³/mol. The summed E-state index contributed by atoms with van der Waals surface area (Å²) < 4.78 is 38.0. The molecule has 2 atom stereocenters. The molecule has 1 aliphatic rings. The van der Waals surface area contributed by atoms with Crippen molar-refractivity contribution in [1.29, 1.82) is 5.26 Å². The van der Waals surface area contributed by atoms with Gasteiger partial charge in [0.1, 0.15) is 40.9 Å². The van der Waals surface area contributed by atoms with E-state index in [1.165, 1.54) is 36.6 Å². The van der Waals surface area contributed by atoms with E-state index in [1.807, 2.05) is 13.0 Å². The number of aromatic nitrogens is 5. The van der Waals surface area contributed by atoms with Crippen molar-refractivity contribution in [3.05, 3.63) is 53.1 Å². The van der Waals surface area contributed by atoms with Crippen LogP contribution in [0.15, 0.2) is 30.9 Å². The van der Waals surface area contributed by atoms with Gasteiger partial charge in [-0.05, 0) is 49.8 Å². The van der Waals surface area contributed by atoms with E-state index in [1.54, 1.807) is 18.0 Å². The van der Waals surface area contributed by atoms with Crippen molar-refractivity contribution in [3.63, 3.8) is 0 Å². The van der Waals surface area contributed by atoms with Crippen molar-refractivity contribution in [1.82, 2.24) is 29.6 Å². The zero-order valence-electron chi connectivity index (χ0n) is 24.6. The topological polar surface area (TPSA) is 139 Å². The summed E-state index contributed by atoms with van der Waals surface area (Å²) >= 11 is 7.70. The van der Waals surface area contributed by atoms with E-state index in [4.69, 9.17) is 22.1 Å². The minimum atomic E-state index is -0.753. The first kappa shape index (κ1) is 30.4. The number of nitrogens with zero attached hydrogens (tertiary/aromatic N) is 8. The quantitative estimate of drug-likeness (QED) is 0.231. The van der Waals surface area contributed by atoms with E-state index in [9.17, 15) is 14.4 Å². The van der Waals surface area contributed by atoms with E-state index in [0.717, 1.165) is 30.6 Å². The molecule has 0 aliphatic carbocycles. The Morgan fingerprint density at radius 2 is 2.16 bits per heavy atom. The van der Waals surface area contributed by atoms with Crippen LogP contribution in [-0.2, 0) is 0 Å². The van der Waals surface area contributed by atoms with Gasteiger partial charge in [0.15, 0.2) is 5.82 Å². The first-order valence-corrected chi connectivity index (χ1v) is 15.3. The molecule has 2 unspecified atom stereocenters. The summed E-state index contributed by atoms with van der Waals surface area (Å²) in [5.74, 6) is -0.651. The van der Waals surface area contributed by atoms with E-state index in [2.05, 4.69) is 25.0 Å². The van der Waals surface area contributed by atoms with Gasteiger partial charge in [-0.15, -0.1) is 11.3 Å². The van der Waals surface area contributed by atoms with Crippen LogP contribution in [0, 0.1) is 28.9 Å². The molecular weight excluding hydrogens is 624 g/mol. The Hall–Kier alpha value is -4.61. The summed E-state index contributed by atoms with van der Waals surface area (Å²) in [6.07, 6.45) is 5.20. The third-order valence-corrected chi connectivity index (χ3v) is 9.62. The molecular formula is C30H28ClF2N9O2S. The summed E-state index contributed by atoms with van der Waals surface area (Å²) in [4.78, 5) is 29.3. The van der Waals surface area contributed by atoms with Gasteiger partial charge in [0, 0.05) is 42.5 Å². The summed E-state index contributed by atoms with van der Waals surface area (Å²) in [5.41, 5.74) is 6.26. The number of hydrogen-bond acceptors (Lipinski definition) is 10. The molecule has 5 aromatic rings. The second-order valence-electron chi connectivity index (χ2n) is 11.0. The maximum atomic E-state index is 16.6. The number of piperidine rings is 1. The van der Waals surface area contributed by atoms with Crippen LogP contribution in [0.5, 0.6) is 6.01 Å². The first-order chi connectivity index (χ1) is 21.6. The molecule has 0 spiro atoms. The molecule has 6 rings (SSSR count).